The molecule has 3 aliphatic rings. The van der Waals surface area contributed by atoms with Gasteiger partial charge in [-0.1, -0.05) is 180 Å². The number of para-hydroxylation sites is 2. The molecule has 0 N–H and O–H groups in total. The van der Waals surface area contributed by atoms with Gasteiger partial charge in [0.25, 0.3) is 0 Å². The van der Waals surface area contributed by atoms with Crippen LogP contribution in [0.4, 0.5) is 11.4 Å². The third-order valence-corrected chi connectivity index (χ3v) is 14.9. The van der Waals surface area contributed by atoms with Crippen LogP contribution in [0.1, 0.15) is 64.2 Å². The number of rotatable bonds is 7. The number of fused-ring (bicyclic) bond motifs is 8. The number of hydrogen-bond donors (Lipinski definition) is 0. The highest BCUT2D eigenvalue weighted by molar-refractivity contribution is 6.07. The molecule has 0 saturated heterocycles. The molecule has 0 spiro atoms. The van der Waals surface area contributed by atoms with Crippen LogP contribution in [0.25, 0.3) is 88.4 Å². The first-order valence-corrected chi connectivity index (χ1v) is 24.7. The summed E-state index contributed by atoms with van der Waals surface area (Å²) in [4.78, 5) is 2.55. The van der Waals surface area contributed by atoms with Crippen molar-refractivity contribution in [1.29, 1.82) is 0 Å². The van der Waals surface area contributed by atoms with Crippen LogP contribution < -0.4 is 4.90 Å². The van der Waals surface area contributed by atoms with Crippen LogP contribution in [0.15, 0.2) is 221 Å². The minimum absolute atomic E-state index is 0.0644. The second kappa shape index (κ2) is 17.0. The molecule has 3 aliphatic carbocycles. The summed E-state index contributed by atoms with van der Waals surface area (Å²) in [7, 11) is 0. The molecule has 0 bridgehead atoms. The van der Waals surface area contributed by atoms with Crippen molar-refractivity contribution in [2.75, 3.05) is 4.90 Å². The summed E-state index contributed by atoms with van der Waals surface area (Å²) in [6.45, 7) is 11.2. The van der Waals surface area contributed by atoms with E-state index in [0.717, 1.165) is 62.3 Å². The zero-order valence-electron chi connectivity index (χ0n) is 40.0. The van der Waals surface area contributed by atoms with E-state index in [1.807, 2.05) is 38.1 Å². The second-order valence-corrected chi connectivity index (χ2v) is 19.2. The van der Waals surface area contributed by atoms with Gasteiger partial charge in [-0.3, -0.25) is 0 Å². The zero-order valence-corrected chi connectivity index (χ0v) is 40.0. The van der Waals surface area contributed by atoms with Crippen molar-refractivity contribution in [2.24, 2.45) is 5.92 Å². The molecule has 13 rings (SSSR count). The van der Waals surface area contributed by atoms with E-state index in [2.05, 4.69) is 208 Å². The highest BCUT2D eigenvalue weighted by atomic mass is 16.3. The quantitative estimate of drug-likeness (QED) is 0.160. The molecular formula is C66H55NO2. The van der Waals surface area contributed by atoms with E-state index in [1.54, 1.807) is 0 Å². The van der Waals surface area contributed by atoms with E-state index in [4.69, 9.17) is 8.83 Å². The Balaban J connectivity index is 0.00000243. The van der Waals surface area contributed by atoms with E-state index in [1.165, 1.54) is 72.6 Å². The molecule has 8 aromatic carbocycles. The monoisotopic (exact) mass is 893 g/mol. The average Bonchev–Trinajstić information content (AvgIpc) is 4.04. The Labute approximate surface area is 405 Å². The molecule has 0 amide bonds. The fraction of sp³-hybridized carbons (Fsp3) is 0.152. The third-order valence-electron chi connectivity index (χ3n) is 14.9. The molecule has 0 fully saturated rings. The highest BCUT2D eigenvalue weighted by Crippen LogP contribution is 2.53. The predicted molar refractivity (Wildman–Crippen MR) is 292 cm³/mol. The molecule has 0 saturated carbocycles. The fourth-order valence-electron chi connectivity index (χ4n) is 11.3. The van der Waals surface area contributed by atoms with Crippen molar-refractivity contribution in [3.63, 3.8) is 0 Å². The SMILES string of the molecule is CC.CC1CC=CC2=C1c1ccc(N(c3ccc(-c4ccc(-c5ccc6c(c5)oc5ccccc56)cc4)cc3)C3C=CC(c4ccc(-c5ccc6oc7ccccc7c6c5)cc4)=CC3)cc1C2(C)C. The largest absolute Gasteiger partial charge is 0.456 e. The minimum Gasteiger partial charge on any atom is -0.456 e. The Morgan fingerprint density at radius 2 is 1.01 bits per heavy atom. The number of nitrogens with zero attached hydrogens (tertiary/aromatic N) is 1. The van der Waals surface area contributed by atoms with Gasteiger partial charge in [-0.2, -0.15) is 0 Å². The van der Waals surface area contributed by atoms with Crippen molar-refractivity contribution in [3.8, 4) is 33.4 Å². The average molecular weight is 894 g/mol. The predicted octanol–water partition coefficient (Wildman–Crippen LogP) is 18.7. The lowest BCUT2D eigenvalue weighted by molar-refractivity contribution is 0.642. The summed E-state index contributed by atoms with van der Waals surface area (Å²) in [6, 6.07) is 64.1. The maximum Gasteiger partial charge on any atom is 0.136 e. The van der Waals surface area contributed by atoms with E-state index >= 15 is 0 Å². The molecule has 69 heavy (non-hydrogen) atoms. The van der Waals surface area contributed by atoms with Gasteiger partial charge in [0.2, 0.25) is 0 Å². The molecule has 2 aromatic heterocycles. The van der Waals surface area contributed by atoms with Crippen molar-refractivity contribution < 1.29 is 8.83 Å². The van der Waals surface area contributed by atoms with Crippen molar-refractivity contribution in [2.45, 2.75) is 58.9 Å². The molecule has 0 radical (unpaired) electrons. The summed E-state index contributed by atoms with van der Waals surface area (Å²) >= 11 is 0. The topological polar surface area (TPSA) is 29.5 Å². The van der Waals surface area contributed by atoms with Gasteiger partial charge in [0.1, 0.15) is 22.3 Å². The first kappa shape index (κ1) is 42.5. The van der Waals surface area contributed by atoms with Crippen LogP contribution >= 0.6 is 0 Å². The molecule has 0 aliphatic heterocycles. The molecule has 336 valence electrons. The minimum atomic E-state index is -0.0644. The number of anilines is 2. The molecule has 3 nitrogen and oxygen atoms in total. The van der Waals surface area contributed by atoms with Gasteiger partial charge in [-0.25, -0.2) is 0 Å². The Morgan fingerprint density at radius 3 is 1.70 bits per heavy atom. The molecule has 2 heterocycles. The Hall–Kier alpha value is -7.88. The highest BCUT2D eigenvalue weighted by Gasteiger charge is 2.39. The molecule has 2 unspecified atom stereocenters. The molecule has 10 aromatic rings. The van der Waals surface area contributed by atoms with E-state index in [0.29, 0.717) is 5.92 Å². The zero-order chi connectivity index (χ0) is 46.8. The van der Waals surface area contributed by atoms with E-state index < -0.39 is 0 Å². The summed E-state index contributed by atoms with van der Waals surface area (Å²) in [5.41, 5.74) is 21.4. The van der Waals surface area contributed by atoms with Gasteiger partial charge in [0.05, 0.1) is 6.04 Å². The van der Waals surface area contributed by atoms with Crippen molar-refractivity contribution in [1.82, 2.24) is 0 Å². The fourth-order valence-corrected chi connectivity index (χ4v) is 11.3. The van der Waals surface area contributed by atoms with Crippen LogP contribution in [0, 0.1) is 5.92 Å². The summed E-state index contributed by atoms with van der Waals surface area (Å²) in [5, 5.41) is 4.61. The second-order valence-electron chi connectivity index (χ2n) is 19.2. The number of benzene rings is 8. The lowest BCUT2D eigenvalue weighted by Crippen LogP contribution is -2.30. The van der Waals surface area contributed by atoms with Crippen LogP contribution in [-0.2, 0) is 5.41 Å². The summed E-state index contributed by atoms with van der Waals surface area (Å²) in [5.74, 6) is 0.517. The standard InChI is InChI=1S/C64H49NO2.C2H6/c1-40-9-8-12-57-63(40)55-35-33-51(39-58(55)64(57,2)3)65(49-29-23-43(24-30-49)41-15-19-45(20-16-41)47-28-36-61-56(37-47)53-11-5-7-14-60(53)66-61)50-31-25-44(26-32-50)42-17-21-46(22-18-42)48-27-34-54-52-10-4-6-13-59(52)67-62(54)38-48;1-2/h4-8,10-29,31-40,49H,9,30H2,1-3H3;1-2H3. The van der Waals surface area contributed by atoms with Crippen molar-refractivity contribution in [3.05, 3.63) is 229 Å². The van der Waals surface area contributed by atoms with Crippen LogP contribution in [0.2, 0.25) is 0 Å². The Kier molecular flexibility index (Phi) is 10.5. The van der Waals surface area contributed by atoms with Crippen LogP contribution in [0.5, 0.6) is 0 Å². The first-order valence-electron chi connectivity index (χ1n) is 24.7. The molecular weight excluding hydrogens is 839 g/mol. The summed E-state index contributed by atoms with van der Waals surface area (Å²) in [6.07, 6.45) is 13.9. The van der Waals surface area contributed by atoms with Crippen molar-refractivity contribution >= 4 is 66.4 Å². The molecule has 2 atom stereocenters. The van der Waals surface area contributed by atoms with Gasteiger partial charge in [0, 0.05) is 38.3 Å². The lowest BCUT2D eigenvalue weighted by Gasteiger charge is -2.34. The number of hydrogen-bond acceptors (Lipinski definition) is 3. The van der Waals surface area contributed by atoms with Gasteiger partial charge in [-0.15, -0.1) is 0 Å². The van der Waals surface area contributed by atoms with Crippen LogP contribution in [-0.4, -0.2) is 6.04 Å². The Morgan fingerprint density at radius 1 is 0.478 bits per heavy atom. The number of furan rings is 2. The van der Waals surface area contributed by atoms with Gasteiger partial charge < -0.3 is 13.7 Å². The van der Waals surface area contributed by atoms with Crippen LogP contribution in [0.3, 0.4) is 0 Å². The maximum atomic E-state index is 6.21. The van der Waals surface area contributed by atoms with E-state index in [-0.39, 0.29) is 11.5 Å². The number of allylic oxidation sites excluding steroid dienone is 6. The van der Waals surface area contributed by atoms with Gasteiger partial charge >= 0.3 is 0 Å². The van der Waals surface area contributed by atoms with Gasteiger partial charge in [-0.05, 0) is 146 Å². The summed E-state index contributed by atoms with van der Waals surface area (Å²) < 4.78 is 12.3. The third kappa shape index (κ3) is 7.27. The Bertz CT molecular complexity index is 3720. The maximum absolute atomic E-state index is 6.21. The normalized spacial score (nSPS) is 17.0. The van der Waals surface area contributed by atoms with Gasteiger partial charge in [0.15, 0.2) is 0 Å². The first-order chi connectivity index (χ1) is 33.8. The smallest absolute Gasteiger partial charge is 0.136 e. The lowest BCUT2D eigenvalue weighted by atomic mass is 9.78. The molecule has 3 heteroatoms. The van der Waals surface area contributed by atoms with E-state index in [9.17, 15) is 0 Å².